The Morgan fingerprint density at radius 1 is 1.19 bits per heavy atom. The quantitative estimate of drug-likeness (QED) is 0.917. The van der Waals surface area contributed by atoms with Crippen LogP contribution in [0.2, 0.25) is 0 Å². The molecule has 0 fully saturated rings. The van der Waals surface area contributed by atoms with E-state index in [9.17, 15) is 0 Å². The lowest BCUT2D eigenvalue weighted by atomic mass is 10.1. The third kappa shape index (κ3) is 3.05. The van der Waals surface area contributed by atoms with Gasteiger partial charge in [0, 0.05) is 31.0 Å². The van der Waals surface area contributed by atoms with Crippen molar-refractivity contribution < 1.29 is 9.47 Å². The fraction of sp³-hybridized carbons (Fsp3) is 0.412. The van der Waals surface area contributed by atoms with Gasteiger partial charge in [-0.05, 0) is 43.7 Å². The van der Waals surface area contributed by atoms with Gasteiger partial charge in [-0.15, -0.1) is 0 Å². The number of hydrogen-bond acceptors (Lipinski definition) is 3. The highest BCUT2D eigenvalue weighted by Crippen LogP contribution is 2.32. The number of aromatic nitrogens is 1. The monoisotopic (exact) mass is 286 g/mol. The van der Waals surface area contributed by atoms with Gasteiger partial charge in [0.1, 0.15) is 13.2 Å². The molecule has 0 aliphatic carbocycles. The van der Waals surface area contributed by atoms with Gasteiger partial charge in [-0.2, -0.15) is 0 Å². The van der Waals surface area contributed by atoms with Gasteiger partial charge < -0.3 is 19.4 Å². The van der Waals surface area contributed by atoms with Crippen LogP contribution < -0.4 is 14.8 Å². The number of ether oxygens (including phenoxy) is 2. The maximum atomic E-state index is 5.64. The first-order valence-corrected chi connectivity index (χ1v) is 7.55. The van der Waals surface area contributed by atoms with Gasteiger partial charge in [-0.3, -0.25) is 0 Å². The van der Waals surface area contributed by atoms with E-state index in [0.29, 0.717) is 13.2 Å². The molecule has 2 aromatic rings. The lowest BCUT2D eigenvalue weighted by Crippen LogP contribution is -2.21. The Hall–Kier alpha value is -1.94. The summed E-state index contributed by atoms with van der Waals surface area (Å²) in [5.41, 5.74) is 2.52. The van der Waals surface area contributed by atoms with Gasteiger partial charge in [0.05, 0.1) is 0 Å². The average molecular weight is 286 g/mol. The third-order valence-electron chi connectivity index (χ3n) is 3.92. The number of rotatable bonds is 5. The predicted octanol–water partition coefficient (Wildman–Crippen LogP) is 3.13. The zero-order valence-electron chi connectivity index (χ0n) is 12.6. The van der Waals surface area contributed by atoms with E-state index in [1.165, 1.54) is 11.3 Å². The summed E-state index contributed by atoms with van der Waals surface area (Å²) < 4.78 is 13.5. The molecular formula is C17H22N2O2. The molecule has 1 aromatic carbocycles. The predicted molar refractivity (Wildman–Crippen MR) is 82.8 cm³/mol. The van der Waals surface area contributed by atoms with Crippen LogP contribution in [-0.2, 0) is 13.1 Å². The van der Waals surface area contributed by atoms with Crippen molar-refractivity contribution in [2.24, 2.45) is 0 Å². The van der Waals surface area contributed by atoms with Gasteiger partial charge in [0.15, 0.2) is 11.5 Å². The first-order valence-electron chi connectivity index (χ1n) is 7.55. The van der Waals surface area contributed by atoms with Crippen LogP contribution in [-0.4, -0.2) is 17.8 Å². The van der Waals surface area contributed by atoms with Crippen LogP contribution in [0.4, 0.5) is 0 Å². The lowest BCUT2D eigenvalue weighted by molar-refractivity contribution is 0.171. The first-order chi connectivity index (χ1) is 10.3. The zero-order valence-corrected chi connectivity index (χ0v) is 12.6. The molecule has 0 saturated carbocycles. The number of nitrogens with zero attached hydrogens (tertiary/aromatic N) is 1. The Balaban J connectivity index is 1.66. The Morgan fingerprint density at radius 2 is 2.00 bits per heavy atom. The van der Waals surface area contributed by atoms with E-state index < -0.39 is 0 Å². The zero-order chi connectivity index (χ0) is 14.7. The number of hydrogen-bond donors (Lipinski definition) is 1. The molecule has 0 amide bonds. The fourth-order valence-corrected chi connectivity index (χ4v) is 2.62. The lowest BCUT2D eigenvalue weighted by Gasteiger charge is -2.21. The molecule has 1 atom stereocenters. The molecule has 2 heterocycles. The number of fused-ring (bicyclic) bond motifs is 1. The van der Waals surface area contributed by atoms with Crippen LogP contribution >= 0.6 is 0 Å². The highest BCUT2D eigenvalue weighted by molar-refractivity contribution is 5.44. The van der Waals surface area contributed by atoms with Crippen molar-refractivity contribution in [3.05, 3.63) is 47.8 Å². The minimum absolute atomic E-state index is 0.265. The summed E-state index contributed by atoms with van der Waals surface area (Å²) >= 11 is 0. The van der Waals surface area contributed by atoms with Crippen LogP contribution in [0.1, 0.15) is 31.1 Å². The maximum Gasteiger partial charge on any atom is 0.161 e. The fourth-order valence-electron chi connectivity index (χ4n) is 2.62. The second kappa shape index (κ2) is 6.22. The van der Waals surface area contributed by atoms with Gasteiger partial charge in [-0.25, -0.2) is 0 Å². The van der Waals surface area contributed by atoms with E-state index in [1.807, 2.05) is 6.07 Å². The number of nitrogens with one attached hydrogen (secondary N) is 1. The van der Waals surface area contributed by atoms with Gasteiger partial charge in [0.2, 0.25) is 0 Å². The van der Waals surface area contributed by atoms with Crippen LogP contribution in [0.25, 0.3) is 0 Å². The molecule has 112 valence electrons. The summed E-state index contributed by atoms with van der Waals surface area (Å²) in [5.74, 6) is 1.70. The molecule has 3 rings (SSSR count). The minimum Gasteiger partial charge on any atom is -0.486 e. The smallest absolute Gasteiger partial charge is 0.161 e. The van der Waals surface area contributed by atoms with Gasteiger partial charge in [0.25, 0.3) is 0 Å². The molecule has 0 spiro atoms. The van der Waals surface area contributed by atoms with Crippen molar-refractivity contribution in [2.75, 3.05) is 13.2 Å². The Morgan fingerprint density at radius 3 is 2.81 bits per heavy atom. The summed E-state index contributed by atoms with van der Waals surface area (Å²) in [5, 5.41) is 3.57. The molecule has 0 saturated heterocycles. The normalized spacial score (nSPS) is 15.0. The van der Waals surface area contributed by atoms with Crippen molar-refractivity contribution in [3.63, 3.8) is 0 Å². The summed E-state index contributed by atoms with van der Waals surface area (Å²) in [7, 11) is 0. The third-order valence-corrected chi connectivity index (χ3v) is 3.92. The molecule has 1 unspecified atom stereocenters. The molecule has 4 heteroatoms. The van der Waals surface area contributed by atoms with Crippen molar-refractivity contribution in [1.82, 2.24) is 9.88 Å². The van der Waals surface area contributed by atoms with Crippen LogP contribution in [0, 0.1) is 0 Å². The van der Waals surface area contributed by atoms with Gasteiger partial charge >= 0.3 is 0 Å². The van der Waals surface area contributed by atoms with E-state index in [0.717, 1.165) is 24.6 Å². The molecule has 21 heavy (non-hydrogen) atoms. The van der Waals surface area contributed by atoms with E-state index in [1.54, 1.807) is 0 Å². The topological polar surface area (TPSA) is 35.4 Å². The Labute approximate surface area is 125 Å². The van der Waals surface area contributed by atoms with E-state index in [2.05, 4.69) is 54.2 Å². The molecule has 1 aromatic heterocycles. The SMILES string of the molecule is CCn1cccc1CNC(C)c1ccc2c(c1)OCCO2. The molecule has 4 nitrogen and oxygen atoms in total. The summed E-state index contributed by atoms with van der Waals surface area (Å²) in [6.45, 7) is 7.45. The molecule has 0 bridgehead atoms. The number of aryl methyl sites for hydroxylation is 1. The van der Waals surface area contributed by atoms with Crippen molar-refractivity contribution in [3.8, 4) is 11.5 Å². The van der Waals surface area contributed by atoms with Crippen LogP contribution in [0.5, 0.6) is 11.5 Å². The second-order valence-electron chi connectivity index (χ2n) is 5.29. The Bertz CT molecular complexity index is 607. The van der Waals surface area contributed by atoms with Gasteiger partial charge in [-0.1, -0.05) is 6.07 Å². The molecule has 1 aliphatic rings. The summed E-state index contributed by atoms with van der Waals surface area (Å²) in [6, 6.07) is 10.7. The van der Waals surface area contributed by atoms with E-state index in [-0.39, 0.29) is 6.04 Å². The average Bonchev–Trinajstić information content (AvgIpc) is 2.99. The largest absolute Gasteiger partial charge is 0.486 e. The van der Waals surface area contributed by atoms with Crippen LogP contribution in [0.15, 0.2) is 36.5 Å². The highest BCUT2D eigenvalue weighted by Gasteiger charge is 2.14. The van der Waals surface area contributed by atoms with Crippen molar-refractivity contribution in [2.45, 2.75) is 33.0 Å². The second-order valence-corrected chi connectivity index (χ2v) is 5.29. The van der Waals surface area contributed by atoms with Crippen LogP contribution in [0.3, 0.4) is 0 Å². The van der Waals surface area contributed by atoms with Crippen molar-refractivity contribution >= 4 is 0 Å². The first kappa shape index (κ1) is 14.0. The number of benzene rings is 1. The van der Waals surface area contributed by atoms with E-state index in [4.69, 9.17) is 9.47 Å². The summed E-state index contributed by atoms with van der Waals surface area (Å²) in [4.78, 5) is 0. The standard InChI is InChI=1S/C17H22N2O2/c1-3-19-8-4-5-15(19)12-18-13(2)14-6-7-16-17(11-14)21-10-9-20-16/h4-8,11,13,18H,3,9-10,12H2,1-2H3. The summed E-state index contributed by atoms with van der Waals surface area (Å²) in [6.07, 6.45) is 2.12. The molecule has 1 N–H and O–H groups in total. The minimum atomic E-state index is 0.265. The van der Waals surface area contributed by atoms with E-state index >= 15 is 0 Å². The Kier molecular flexibility index (Phi) is 4.15. The molecule has 1 aliphatic heterocycles. The molecule has 0 radical (unpaired) electrons. The maximum absolute atomic E-state index is 5.64. The molecular weight excluding hydrogens is 264 g/mol. The van der Waals surface area contributed by atoms with Crippen molar-refractivity contribution in [1.29, 1.82) is 0 Å². The highest BCUT2D eigenvalue weighted by atomic mass is 16.6.